The molecule has 1 nitrogen and oxygen atoms in total. The molecule has 1 aliphatic rings. The van der Waals surface area contributed by atoms with Crippen LogP contribution in [0, 0.1) is 11.6 Å². The molecule has 0 saturated heterocycles. The molecule has 0 amide bonds. The van der Waals surface area contributed by atoms with Gasteiger partial charge in [0.2, 0.25) is 0 Å². The molecular formula is C15H12ClF2N. The van der Waals surface area contributed by atoms with Crippen LogP contribution >= 0.6 is 11.6 Å². The van der Waals surface area contributed by atoms with Crippen LogP contribution in [0.25, 0.3) is 0 Å². The smallest absolute Gasteiger partial charge is 0.147 e. The predicted molar refractivity (Wildman–Crippen MR) is 72.5 cm³/mol. The Kier molecular flexibility index (Phi) is 3.15. The Morgan fingerprint density at radius 2 is 1.79 bits per heavy atom. The Balaban J connectivity index is 1.93. The van der Waals surface area contributed by atoms with Crippen molar-refractivity contribution in [2.75, 3.05) is 5.32 Å². The molecule has 4 heteroatoms. The number of benzene rings is 2. The average Bonchev–Trinajstić information content (AvgIpc) is 2.79. The van der Waals surface area contributed by atoms with Crippen LogP contribution in [0.5, 0.6) is 0 Å². The van der Waals surface area contributed by atoms with E-state index in [4.69, 9.17) is 11.6 Å². The second-order valence-electron chi connectivity index (χ2n) is 4.64. The van der Waals surface area contributed by atoms with Crippen LogP contribution in [0.2, 0.25) is 5.02 Å². The van der Waals surface area contributed by atoms with Crippen molar-refractivity contribution in [3.8, 4) is 0 Å². The third-order valence-corrected chi connectivity index (χ3v) is 3.81. The summed E-state index contributed by atoms with van der Waals surface area (Å²) in [7, 11) is 0. The summed E-state index contributed by atoms with van der Waals surface area (Å²) in [6.07, 6.45) is 1.40. The lowest BCUT2D eigenvalue weighted by Gasteiger charge is -2.17. The van der Waals surface area contributed by atoms with Gasteiger partial charge in [0.05, 0.1) is 16.8 Å². The van der Waals surface area contributed by atoms with Gasteiger partial charge in [-0.3, -0.25) is 0 Å². The van der Waals surface area contributed by atoms with Gasteiger partial charge in [-0.2, -0.15) is 0 Å². The van der Waals surface area contributed by atoms with Gasteiger partial charge in [-0.1, -0.05) is 29.8 Å². The predicted octanol–water partition coefficient (Wildman–Crippen LogP) is 4.72. The number of nitrogens with one attached hydrogen (secondary N) is 1. The normalized spacial score (nSPS) is 17.3. The van der Waals surface area contributed by atoms with Crippen LogP contribution in [0.1, 0.15) is 23.6 Å². The number of anilines is 1. The minimum Gasteiger partial charge on any atom is -0.375 e. The molecule has 3 rings (SSSR count). The topological polar surface area (TPSA) is 12.0 Å². The van der Waals surface area contributed by atoms with Crippen LogP contribution in [0.3, 0.4) is 0 Å². The van der Waals surface area contributed by atoms with Gasteiger partial charge in [0.1, 0.15) is 11.6 Å². The highest BCUT2D eigenvalue weighted by molar-refractivity contribution is 6.33. The third kappa shape index (κ3) is 2.19. The molecule has 98 valence electrons. The molecule has 0 fully saturated rings. The fourth-order valence-electron chi connectivity index (χ4n) is 2.57. The Labute approximate surface area is 115 Å². The van der Waals surface area contributed by atoms with Crippen molar-refractivity contribution in [3.63, 3.8) is 0 Å². The lowest BCUT2D eigenvalue weighted by atomic mass is 10.1. The average molecular weight is 280 g/mol. The summed E-state index contributed by atoms with van der Waals surface area (Å²) in [5.41, 5.74) is 1.89. The Bertz CT molecular complexity index is 607. The van der Waals surface area contributed by atoms with E-state index in [2.05, 4.69) is 5.32 Å². The summed E-state index contributed by atoms with van der Waals surface area (Å²) in [4.78, 5) is 0. The standard InChI is InChI=1S/C15H12ClF2N/c16-11-4-2-6-13(18)15(11)19-14-8-7-9-10(14)3-1-5-12(9)17/h1-6,14,19H,7-8H2. The van der Waals surface area contributed by atoms with Crippen molar-refractivity contribution in [3.05, 3.63) is 64.2 Å². The lowest BCUT2D eigenvalue weighted by Crippen LogP contribution is -2.09. The highest BCUT2D eigenvalue weighted by Gasteiger charge is 2.25. The Morgan fingerprint density at radius 1 is 1.05 bits per heavy atom. The fourth-order valence-corrected chi connectivity index (χ4v) is 2.79. The number of fused-ring (bicyclic) bond motifs is 1. The summed E-state index contributed by atoms with van der Waals surface area (Å²) in [5.74, 6) is -0.584. The van der Waals surface area contributed by atoms with Gasteiger partial charge >= 0.3 is 0 Å². The number of para-hydroxylation sites is 1. The molecule has 1 aliphatic carbocycles. The number of hydrogen-bond donors (Lipinski definition) is 1. The van der Waals surface area contributed by atoms with E-state index in [1.807, 2.05) is 6.07 Å². The van der Waals surface area contributed by atoms with E-state index in [9.17, 15) is 8.78 Å². The zero-order chi connectivity index (χ0) is 13.4. The molecule has 0 saturated carbocycles. The van der Waals surface area contributed by atoms with Gasteiger partial charge in [0.15, 0.2) is 0 Å². The molecule has 1 unspecified atom stereocenters. The largest absolute Gasteiger partial charge is 0.375 e. The van der Waals surface area contributed by atoms with Crippen LogP contribution in [-0.2, 0) is 6.42 Å². The van der Waals surface area contributed by atoms with Gasteiger partial charge in [-0.15, -0.1) is 0 Å². The van der Waals surface area contributed by atoms with Crippen molar-refractivity contribution < 1.29 is 8.78 Å². The van der Waals surface area contributed by atoms with E-state index >= 15 is 0 Å². The summed E-state index contributed by atoms with van der Waals surface area (Å²) < 4.78 is 27.4. The highest BCUT2D eigenvalue weighted by Crippen LogP contribution is 2.37. The maximum atomic E-state index is 13.7. The fraction of sp³-hybridized carbons (Fsp3) is 0.200. The first-order valence-corrected chi connectivity index (χ1v) is 6.52. The second-order valence-corrected chi connectivity index (χ2v) is 5.05. The first-order valence-electron chi connectivity index (χ1n) is 6.14. The summed E-state index contributed by atoms with van der Waals surface area (Å²) in [6.45, 7) is 0. The number of halogens is 3. The van der Waals surface area contributed by atoms with E-state index in [-0.39, 0.29) is 17.5 Å². The summed E-state index contributed by atoms with van der Waals surface area (Å²) in [5, 5.41) is 3.43. The molecule has 0 aromatic heterocycles. The van der Waals surface area contributed by atoms with Crippen molar-refractivity contribution in [2.24, 2.45) is 0 Å². The van der Waals surface area contributed by atoms with E-state index in [1.54, 1.807) is 18.2 Å². The van der Waals surface area contributed by atoms with Crippen molar-refractivity contribution in [2.45, 2.75) is 18.9 Å². The summed E-state index contributed by atoms with van der Waals surface area (Å²) >= 11 is 5.99. The maximum Gasteiger partial charge on any atom is 0.147 e. The minimum absolute atomic E-state index is 0.0971. The first-order chi connectivity index (χ1) is 9.16. The number of rotatable bonds is 2. The monoisotopic (exact) mass is 279 g/mol. The second kappa shape index (κ2) is 4.82. The quantitative estimate of drug-likeness (QED) is 0.839. The van der Waals surface area contributed by atoms with Crippen molar-refractivity contribution in [1.29, 1.82) is 0 Å². The SMILES string of the molecule is Fc1cccc2c1CCC2Nc1c(F)cccc1Cl. The van der Waals surface area contributed by atoms with E-state index in [0.29, 0.717) is 17.0 Å². The summed E-state index contributed by atoms with van der Waals surface area (Å²) in [6, 6.07) is 9.46. The van der Waals surface area contributed by atoms with Crippen LogP contribution in [-0.4, -0.2) is 0 Å². The molecule has 0 heterocycles. The first kappa shape index (κ1) is 12.4. The molecule has 1 N–H and O–H groups in total. The van der Waals surface area contributed by atoms with E-state index < -0.39 is 5.82 Å². The van der Waals surface area contributed by atoms with Crippen molar-refractivity contribution in [1.82, 2.24) is 0 Å². The molecule has 1 atom stereocenters. The maximum absolute atomic E-state index is 13.7. The molecule has 2 aromatic rings. The molecule has 0 aliphatic heterocycles. The highest BCUT2D eigenvalue weighted by atomic mass is 35.5. The Morgan fingerprint density at radius 3 is 2.58 bits per heavy atom. The van der Waals surface area contributed by atoms with Crippen molar-refractivity contribution >= 4 is 17.3 Å². The van der Waals surface area contributed by atoms with Gasteiger partial charge < -0.3 is 5.32 Å². The molecule has 19 heavy (non-hydrogen) atoms. The van der Waals surface area contributed by atoms with Crippen LogP contribution in [0.4, 0.5) is 14.5 Å². The van der Waals surface area contributed by atoms with Gasteiger partial charge in [-0.25, -0.2) is 8.78 Å². The lowest BCUT2D eigenvalue weighted by molar-refractivity contribution is 0.612. The number of hydrogen-bond acceptors (Lipinski definition) is 1. The zero-order valence-electron chi connectivity index (χ0n) is 10.1. The third-order valence-electron chi connectivity index (χ3n) is 3.49. The zero-order valence-corrected chi connectivity index (χ0v) is 10.8. The molecule has 0 spiro atoms. The van der Waals surface area contributed by atoms with Gasteiger partial charge in [0.25, 0.3) is 0 Å². The van der Waals surface area contributed by atoms with E-state index in [0.717, 1.165) is 12.0 Å². The van der Waals surface area contributed by atoms with Gasteiger partial charge in [-0.05, 0) is 42.2 Å². The molecule has 0 bridgehead atoms. The molecule has 0 radical (unpaired) electrons. The minimum atomic E-state index is -0.391. The molecular weight excluding hydrogens is 268 g/mol. The Hall–Kier alpha value is -1.61. The molecule has 2 aromatic carbocycles. The van der Waals surface area contributed by atoms with Crippen LogP contribution < -0.4 is 5.32 Å². The van der Waals surface area contributed by atoms with Gasteiger partial charge in [0, 0.05) is 0 Å². The van der Waals surface area contributed by atoms with E-state index in [1.165, 1.54) is 12.1 Å². The van der Waals surface area contributed by atoms with Crippen LogP contribution in [0.15, 0.2) is 36.4 Å².